The third-order valence-electron chi connectivity index (χ3n) is 2.43. The van der Waals surface area contributed by atoms with E-state index >= 15 is 0 Å². The molecule has 0 spiro atoms. The van der Waals surface area contributed by atoms with E-state index in [9.17, 15) is 0 Å². The van der Waals surface area contributed by atoms with E-state index in [1.807, 2.05) is 24.3 Å². The molecule has 5 heteroatoms. The number of nitrogens with two attached hydrogens (primary N) is 1. The maximum atomic E-state index is 7.54. The molecular formula is C13H14N2OS2. The van der Waals surface area contributed by atoms with Gasteiger partial charge in [-0.3, -0.25) is 5.41 Å². The number of thioether (sulfide) groups is 1. The van der Waals surface area contributed by atoms with Gasteiger partial charge in [0, 0.05) is 5.75 Å². The van der Waals surface area contributed by atoms with Crippen molar-refractivity contribution in [1.82, 2.24) is 0 Å². The molecule has 0 fully saturated rings. The van der Waals surface area contributed by atoms with Crippen molar-refractivity contribution < 1.29 is 4.74 Å². The van der Waals surface area contributed by atoms with Crippen LogP contribution in [-0.2, 0) is 5.75 Å². The Balaban J connectivity index is 2.14. The highest BCUT2D eigenvalue weighted by molar-refractivity contribution is 8.00. The number of ether oxygens (including phenoxy) is 1. The van der Waals surface area contributed by atoms with E-state index in [2.05, 4.69) is 11.4 Å². The molecule has 0 bridgehead atoms. The van der Waals surface area contributed by atoms with Crippen molar-refractivity contribution in [2.45, 2.75) is 9.96 Å². The molecule has 0 saturated heterocycles. The molecule has 2 rings (SSSR count). The first kappa shape index (κ1) is 13.0. The smallest absolute Gasteiger partial charge is 0.129 e. The summed E-state index contributed by atoms with van der Waals surface area (Å²) in [7, 11) is 1.59. The summed E-state index contributed by atoms with van der Waals surface area (Å²) < 4.78 is 6.47. The maximum Gasteiger partial charge on any atom is 0.129 e. The van der Waals surface area contributed by atoms with Crippen molar-refractivity contribution in [2.75, 3.05) is 7.11 Å². The Hall–Kier alpha value is -1.46. The number of hydrogen-bond donors (Lipinski definition) is 2. The zero-order valence-electron chi connectivity index (χ0n) is 9.97. The largest absolute Gasteiger partial charge is 0.496 e. The molecule has 0 saturated carbocycles. The minimum absolute atomic E-state index is 0.0369. The Morgan fingerprint density at radius 1 is 1.44 bits per heavy atom. The molecule has 0 aliphatic carbocycles. The van der Waals surface area contributed by atoms with Gasteiger partial charge in [-0.15, -0.1) is 23.1 Å². The van der Waals surface area contributed by atoms with Crippen LogP contribution in [-0.4, -0.2) is 12.9 Å². The predicted octanol–water partition coefficient (Wildman–Crippen LogP) is 3.33. The van der Waals surface area contributed by atoms with Crippen LogP contribution >= 0.6 is 23.1 Å². The molecule has 0 atom stereocenters. The number of hydrogen-bond acceptors (Lipinski definition) is 4. The average molecular weight is 278 g/mol. The molecule has 3 N–H and O–H groups in total. The summed E-state index contributed by atoms with van der Waals surface area (Å²) >= 11 is 3.51. The van der Waals surface area contributed by atoms with Crippen LogP contribution < -0.4 is 10.5 Å². The minimum atomic E-state index is 0.0369. The number of nitrogens with one attached hydrogen (secondary N) is 1. The van der Waals surface area contributed by atoms with Crippen LogP contribution in [0.5, 0.6) is 5.75 Å². The molecule has 94 valence electrons. The van der Waals surface area contributed by atoms with Crippen molar-refractivity contribution in [2.24, 2.45) is 5.73 Å². The highest BCUT2D eigenvalue weighted by Gasteiger charge is 2.07. The van der Waals surface area contributed by atoms with Crippen molar-refractivity contribution in [1.29, 1.82) is 5.41 Å². The van der Waals surface area contributed by atoms with Gasteiger partial charge in [0.05, 0.1) is 16.9 Å². The SMILES string of the molecule is COc1ccc(CSc2cccs2)cc1C(=N)N. The van der Waals surface area contributed by atoms with Crippen LogP contribution in [0.1, 0.15) is 11.1 Å². The predicted molar refractivity (Wildman–Crippen MR) is 77.9 cm³/mol. The van der Waals surface area contributed by atoms with Crippen LogP contribution in [0, 0.1) is 5.41 Å². The summed E-state index contributed by atoms with van der Waals surface area (Å²) in [4.78, 5) is 0. The fourth-order valence-electron chi connectivity index (χ4n) is 1.56. The molecule has 0 aliphatic rings. The molecule has 3 nitrogen and oxygen atoms in total. The van der Waals surface area contributed by atoms with Crippen molar-refractivity contribution in [3.63, 3.8) is 0 Å². The molecule has 1 heterocycles. The fraction of sp³-hybridized carbons (Fsp3) is 0.154. The second kappa shape index (κ2) is 5.93. The highest BCUT2D eigenvalue weighted by atomic mass is 32.2. The van der Waals surface area contributed by atoms with Gasteiger partial charge >= 0.3 is 0 Å². The minimum Gasteiger partial charge on any atom is -0.496 e. The van der Waals surface area contributed by atoms with E-state index in [0.29, 0.717) is 11.3 Å². The molecule has 1 aromatic carbocycles. The Morgan fingerprint density at radius 3 is 2.89 bits per heavy atom. The highest BCUT2D eigenvalue weighted by Crippen LogP contribution is 2.28. The average Bonchev–Trinajstić information content (AvgIpc) is 2.89. The van der Waals surface area contributed by atoms with Gasteiger partial charge in [0.25, 0.3) is 0 Å². The lowest BCUT2D eigenvalue weighted by Crippen LogP contribution is -2.12. The normalized spacial score (nSPS) is 10.3. The first-order chi connectivity index (χ1) is 8.70. The number of thiophene rings is 1. The number of nitrogen functional groups attached to an aromatic ring is 1. The number of rotatable bonds is 5. The van der Waals surface area contributed by atoms with Crippen LogP contribution in [0.15, 0.2) is 39.9 Å². The van der Waals surface area contributed by atoms with Crippen molar-refractivity contribution in [3.8, 4) is 5.75 Å². The van der Waals surface area contributed by atoms with E-state index in [1.165, 1.54) is 4.21 Å². The molecule has 0 unspecified atom stereocenters. The van der Waals surface area contributed by atoms with Crippen LogP contribution in [0.3, 0.4) is 0 Å². The van der Waals surface area contributed by atoms with E-state index in [-0.39, 0.29) is 5.84 Å². The quantitative estimate of drug-likeness (QED) is 0.501. The second-order valence-electron chi connectivity index (χ2n) is 3.67. The third-order valence-corrected chi connectivity index (χ3v) is 4.63. The third kappa shape index (κ3) is 3.05. The van der Waals surface area contributed by atoms with E-state index in [1.54, 1.807) is 30.2 Å². The molecular weight excluding hydrogens is 264 g/mol. The zero-order chi connectivity index (χ0) is 13.0. The molecule has 0 aliphatic heterocycles. The first-order valence-corrected chi connectivity index (χ1v) is 7.25. The molecule has 0 amide bonds. The van der Waals surface area contributed by atoms with E-state index < -0.39 is 0 Å². The summed E-state index contributed by atoms with van der Waals surface area (Å²) in [5, 5.41) is 9.61. The van der Waals surface area contributed by atoms with Crippen LogP contribution in [0.4, 0.5) is 0 Å². The molecule has 1 aromatic heterocycles. The molecule has 0 radical (unpaired) electrons. The Morgan fingerprint density at radius 2 is 2.28 bits per heavy atom. The number of amidine groups is 1. The number of methoxy groups -OCH3 is 1. The lowest BCUT2D eigenvalue weighted by Gasteiger charge is -2.09. The van der Waals surface area contributed by atoms with Gasteiger partial charge in [-0.25, -0.2) is 0 Å². The van der Waals surface area contributed by atoms with Crippen LogP contribution in [0.2, 0.25) is 0 Å². The van der Waals surface area contributed by atoms with Gasteiger partial charge in [0.2, 0.25) is 0 Å². The van der Waals surface area contributed by atoms with Gasteiger partial charge in [-0.05, 0) is 29.1 Å². The zero-order valence-corrected chi connectivity index (χ0v) is 11.6. The lowest BCUT2D eigenvalue weighted by molar-refractivity contribution is 0.413. The summed E-state index contributed by atoms with van der Waals surface area (Å²) in [5.41, 5.74) is 7.34. The Kier molecular flexibility index (Phi) is 4.28. The summed E-state index contributed by atoms with van der Waals surface area (Å²) in [6.07, 6.45) is 0. The standard InChI is InChI=1S/C13H14N2OS2/c1-16-11-5-4-9(7-10(11)13(14)15)8-18-12-3-2-6-17-12/h2-7H,8H2,1H3,(H3,14,15). The Bertz CT molecular complexity index is 538. The number of benzene rings is 1. The van der Waals surface area contributed by atoms with Crippen LogP contribution in [0.25, 0.3) is 0 Å². The van der Waals surface area contributed by atoms with Gasteiger partial charge in [0.15, 0.2) is 0 Å². The maximum absolute atomic E-state index is 7.54. The Labute approximate surface area is 114 Å². The summed E-state index contributed by atoms with van der Waals surface area (Å²) in [6.45, 7) is 0. The monoisotopic (exact) mass is 278 g/mol. The van der Waals surface area contributed by atoms with E-state index in [4.69, 9.17) is 15.9 Å². The fourth-order valence-corrected chi connectivity index (χ4v) is 3.28. The molecule has 18 heavy (non-hydrogen) atoms. The summed E-state index contributed by atoms with van der Waals surface area (Å²) in [5.74, 6) is 1.55. The topological polar surface area (TPSA) is 59.1 Å². The van der Waals surface area contributed by atoms with Gasteiger partial charge in [-0.1, -0.05) is 12.1 Å². The second-order valence-corrected chi connectivity index (χ2v) is 5.89. The van der Waals surface area contributed by atoms with Crippen molar-refractivity contribution in [3.05, 3.63) is 46.8 Å². The first-order valence-electron chi connectivity index (χ1n) is 5.38. The van der Waals surface area contributed by atoms with Crippen molar-refractivity contribution >= 4 is 28.9 Å². The molecule has 2 aromatic rings. The summed E-state index contributed by atoms with van der Waals surface area (Å²) in [6, 6.07) is 9.93. The van der Waals surface area contributed by atoms with Gasteiger partial charge in [-0.2, -0.15) is 0 Å². The van der Waals surface area contributed by atoms with Gasteiger partial charge < -0.3 is 10.5 Å². The lowest BCUT2D eigenvalue weighted by atomic mass is 10.1. The van der Waals surface area contributed by atoms with E-state index in [0.717, 1.165) is 11.3 Å². The van der Waals surface area contributed by atoms with Gasteiger partial charge in [0.1, 0.15) is 11.6 Å².